The lowest BCUT2D eigenvalue weighted by molar-refractivity contribution is -0.0498. The first kappa shape index (κ1) is 14.5. The van der Waals surface area contributed by atoms with Gasteiger partial charge in [0.1, 0.15) is 5.75 Å². The maximum Gasteiger partial charge on any atom is 0.387 e. The van der Waals surface area contributed by atoms with Crippen LogP contribution in [0.15, 0.2) is 36.7 Å². The van der Waals surface area contributed by atoms with Crippen LogP contribution >= 0.6 is 0 Å². The monoisotopic (exact) mass is 281 g/mol. The fraction of sp³-hybridized carbons (Fsp3) is 0.357. The van der Waals surface area contributed by atoms with Crippen LogP contribution < -0.4 is 10.1 Å². The molecule has 1 aromatic carbocycles. The molecular weight excluding hydrogens is 264 g/mol. The van der Waals surface area contributed by atoms with E-state index in [1.54, 1.807) is 16.8 Å². The molecule has 0 saturated carbocycles. The molecule has 0 radical (unpaired) electrons. The van der Waals surface area contributed by atoms with Crippen molar-refractivity contribution in [2.75, 3.05) is 0 Å². The minimum atomic E-state index is -2.79. The Hall–Kier alpha value is -1.95. The summed E-state index contributed by atoms with van der Waals surface area (Å²) < 4.78 is 30.1. The summed E-state index contributed by atoms with van der Waals surface area (Å²) in [5.41, 5.74) is 2.10. The molecule has 2 rings (SSSR count). The zero-order valence-corrected chi connectivity index (χ0v) is 11.4. The van der Waals surface area contributed by atoms with Gasteiger partial charge >= 0.3 is 6.61 Å². The van der Waals surface area contributed by atoms with E-state index in [0.717, 1.165) is 11.1 Å². The number of rotatable bonds is 6. The highest BCUT2D eigenvalue weighted by atomic mass is 19.3. The number of benzene rings is 1. The molecule has 108 valence electrons. The summed E-state index contributed by atoms with van der Waals surface area (Å²) in [6, 6.07) is 6.78. The predicted molar refractivity (Wildman–Crippen MR) is 71.5 cm³/mol. The average Bonchev–Trinajstić information content (AvgIpc) is 2.84. The molecule has 1 atom stereocenters. The van der Waals surface area contributed by atoms with Crippen molar-refractivity contribution in [3.8, 4) is 5.75 Å². The second-order valence-electron chi connectivity index (χ2n) is 4.57. The zero-order chi connectivity index (χ0) is 14.5. The Balaban J connectivity index is 1.87. The van der Waals surface area contributed by atoms with Crippen molar-refractivity contribution in [1.82, 2.24) is 15.1 Å². The fourth-order valence-electron chi connectivity index (χ4n) is 1.84. The van der Waals surface area contributed by atoms with Crippen LogP contribution in [0.4, 0.5) is 8.78 Å². The number of aryl methyl sites for hydroxylation is 1. The first-order valence-corrected chi connectivity index (χ1v) is 6.30. The Bertz CT molecular complexity index is 540. The average molecular weight is 281 g/mol. The highest BCUT2D eigenvalue weighted by Crippen LogP contribution is 2.16. The van der Waals surface area contributed by atoms with Gasteiger partial charge in [-0.2, -0.15) is 13.9 Å². The van der Waals surface area contributed by atoms with Crippen LogP contribution in [0.25, 0.3) is 0 Å². The van der Waals surface area contributed by atoms with Gasteiger partial charge in [0.15, 0.2) is 0 Å². The number of hydrogen-bond acceptors (Lipinski definition) is 3. The van der Waals surface area contributed by atoms with Crippen LogP contribution in [0.3, 0.4) is 0 Å². The van der Waals surface area contributed by atoms with Crippen molar-refractivity contribution in [2.45, 2.75) is 26.1 Å². The van der Waals surface area contributed by atoms with Crippen molar-refractivity contribution in [1.29, 1.82) is 0 Å². The van der Waals surface area contributed by atoms with Gasteiger partial charge in [-0.05, 0) is 24.6 Å². The predicted octanol–water partition coefficient (Wildman–Crippen LogP) is 2.87. The second kappa shape index (κ2) is 6.47. The van der Waals surface area contributed by atoms with Gasteiger partial charge in [0, 0.05) is 31.4 Å². The van der Waals surface area contributed by atoms with Crippen LogP contribution in [0.1, 0.15) is 24.1 Å². The van der Waals surface area contributed by atoms with E-state index in [2.05, 4.69) is 15.2 Å². The van der Waals surface area contributed by atoms with E-state index in [4.69, 9.17) is 0 Å². The van der Waals surface area contributed by atoms with Crippen molar-refractivity contribution in [2.24, 2.45) is 7.05 Å². The molecular formula is C14H17F2N3O. The van der Waals surface area contributed by atoms with Crippen LogP contribution in [0, 0.1) is 0 Å². The minimum Gasteiger partial charge on any atom is -0.435 e. The van der Waals surface area contributed by atoms with Gasteiger partial charge in [-0.1, -0.05) is 12.1 Å². The van der Waals surface area contributed by atoms with Crippen molar-refractivity contribution < 1.29 is 13.5 Å². The van der Waals surface area contributed by atoms with E-state index < -0.39 is 6.61 Å². The molecule has 0 saturated heterocycles. The molecule has 0 fully saturated rings. The maximum absolute atomic E-state index is 12.0. The number of nitrogens with one attached hydrogen (secondary N) is 1. The number of nitrogens with zero attached hydrogens (tertiary/aromatic N) is 2. The van der Waals surface area contributed by atoms with E-state index in [1.807, 2.05) is 26.4 Å². The summed E-state index contributed by atoms with van der Waals surface area (Å²) in [5, 5.41) is 7.47. The third kappa shape index (κ3) is 4.03. The van der Waals surface area contributed by atoms with E-state index in [-0.39, 0.29) is 11.8 Å². The largest absolute Gasteiger partial charge is 0.435 e. The molecule has 0 aliphatic heterocycles. The standard InChI is InChI=1S/C14H17F2N3O/c1-10(12-8-18-19(2)9-12)17-7-11-3-5-13(6-4-11)20-14(15)16/h3-6,8-10,14,17H,7H2,1-2H3. The third-order valence-electron chi connectivity index (χ3n) is 2.99. The van der Waals surface area contributed by atoms with E-state index >= 15 is 0 Å². The summed E-state index contributed by atoms with van der Waals surface area (Å²) in [4.78, 5) is 0. The SMILES string of the molecule is CC(NCc1ccc(OC(F)F)cc1)c1cnn(C)c1. The Morgan fingerprint density at radius 2 is 2.00 bits per heavy atom. The van der Waals surface area contributed by atoms with E-state index in [9.17, 15) is 8.78 Å². The van der Waals surface area contributed by atoms with E-state index in [1.165, 1.54) is 12.1 Å². The number of aromatic nitrogens is 2. The van der Waals surface area contributed by atoms with Gasteiger partial charge in [0.25, 0.3) is 0 Å². The molecule has 20 heavy (non-hydrogen) atoms. The molecule has 0 spiro atoms. The van der Waals surface area contributed by atoms with Crippen LogP contribution in [0.5, 0.6) is 5.75 Å². The highest BCUT2D eigenvalue weighted by Gasteiger charge is 2.07. The summed E-state index contributed by atoms with van der Waals surface area (Å²) in [6.45, 7) is -0.0966. The molecule has 1 heterocycles. The molecule has 2 aromatic rings. The van der Waals surface area contributed by atoms with Gasteiger partial charge in [0.05, 0.1) is 6.20 Å². The summed E-state index contributed by atoms with van der Waals surface area (Å²) in [5.74, 6) is 0.170. The van der Waals surface area contributed by atoms with Crippen molar-refractivity contribution in [3.63, 3.8) is 0 Å². The zero-order valence-electron chi connectivity index (χ0n) is 11.4. The van der Waals surface area contributed by atoms with Crippen LogP contribution in [0.2, 0.25) is 0 Å². The summed E-state index contributed by atoms with van der Waals surface area (Å²) in [7, 11) is 1.87. The molecule has 1 N–H and O–H groups in total. The molecule has 0 aliphatic carbocycles. The van der Waals surface area contributed by atoms with Crippen LogP contribution in [-0.2, 0) is 13.6 Å². The number of alkyl halides is 2. The lowest BCUT2D eigenvalue weighted by Crippen LogP contribution is -2.17. The number of hydrogen-bond donors (Lipinski definition) is 1. The molecule has 1 aromatic heterocycles. The summed E-state index contributed by atoms with van der Waals surface area (Å²) in [6.07, 6.45) is 3.77. The number of halogens is 2. The molecule has 4 nitrogen and oxygen atoms in total. The first-order valence-electron chi connectivity index (χ1n) is 6.30. The lowest BCUT2D eigenvalue weighted by Gasteiger charge is -2.12. The quantitative estimate of drug-likeness (QED) is 0.885. The lowest BCUT2D eigenvalue weighted by atomic mass is 10.1. The Morgan fingerprint density at radius 1 is 1.30 bits per heavy atom. The van der Waals surface area contributed by atoms with Crippen molar-refractivity contribution >= 4 is 0 Å². The first-order chi connectivity index (χ1) is 9.54. The Kier molecular flexibility index (Phi) is 4.68. The molecule has 1 unspecified atom stereocenters. The maximum atomic E-state index is 12.0. The highest BCUT2D eigenvalue weighted by molar-refractivity contribution is 5.27. The van der Waals surface area contributed by atoms with E-state index in [0.29, 0.717) is 6.54 Å². The van der Waals surface area contributed by atoms with Gasteiger partial charge in [-0.15, -0.1) is 0 Å². The Morgan fingerprint density at radius 3 is 2.55 bits per heavy atom. The third-order valence-corrected chi connectivity index (χ3v) is 2.99. The smallest absolute Gasteiger partial charge is 0.387 e. The van der Waals surface area contributed by atoms with Crippen molar-refractivity contribution in [3.05, 3.63) is 47.8 Å². The molecule has 0 aliphatic rings. The fourth-order valence-corrected chi connectivity index (χ4v) is 1.84. The summed E-state index contributed by atoms with van der Waals surface area (Å²) >= 11 is 0. The molecule has 0 amide bonds. The molecule has 0 bridgehead atoms. The normalized spacial score (nSPS) is 12.7. The molecule has 6 heteroatoms. The Labute approximate surface area is 116 Å². The second-order valence-corrected chi connectivity index (χ2v) is 4.57. The van der Waals surface area contributed by atoms with Gasteiger partial charge in [0.2, 0.25) is 0 Å². The number of ether oxygens (including phenoxy) is 1. The van der Waals surface area contributed by atoms with Gasteiger partial charge in [-0.3, -0.25) is 4.68 Å². The van der Waals surface area contributed by atoms with Crippen LogP contribution in [-0.4, -0.2) is 16.4 Å². The van der Waals surface area contributed by atoms with Gasteiger partial charge in [-0.25, -0.2) is 0 Å². The topological polar surface area (TPSA) is 39.1 Å². The van der Waals surface area contributed by atoms with Gasteiger partial charge < -0.3 is 10.1 Å². The minimum absolute atomic E-state index is 0.167.